The number of para-hydroxylation sites is 1. The summed E-state index contributed by atoms with van der Waals surface area (Å²) in [4.78, 5) is 10.3. The van der Waals surface area contributed by atoms with Crippen molar-refractivity contribution in [2.45, 2.75) is 6.92 Å². The van der Waals surface area contributed by atoms with E-state index in [1.807, 2.05) is 31.2 Å². The van der Waals surface area contributed by atoms with E-state index in [0.717, 1.165) is 11.3 Å². The molecule has 2 aromatic carbocycles. The van der Waals surface area contributed by atoms with Gasteiger partial charge in [0.25, 0.3) is 5.69 Å². The van der Waals surface area contributed by atoms with Crippen LogP contribution in [0.5, 0.6) is 0 Å². The van der Waals surface area contributed by atoms with E-state index in [-0.39, 0.29) is 10.7 Å². The van der Waals surface area contributed by atoms with Crippen LogP contribution in [0.3, 0.4) is 0 Å². The molecule has 1 heterocycles. The predicted molar refractivity (Wildman–Crippen MR) is 98.2 cm³/mol. The van der Waals surface area contributed by atoms with Crippen molar-refractivity contribution in [2.24, 2.45) is 5.10 Å². The molecule has 6 nitrogen and oxygen atoms in total. The summed E-state index contributed by atoms with van der Waals surface area (Å²) in [5.74, 6) is 1.04. The first-order valence-electron chi connectivity index (χ1n) is 7.43. The third-order valence-electron chi connectivity index (χ3n) is 3.58. The molecule has 0 fully saturated rings. The third kappa shape index (κ3) is 3.87. The summed E-state index contributed by atoms with van der Waals surface area (Å²) in [6.45, 7) is 1.99. The molecule has 0 aliphatic heterocycles. The molecular formula is C18H14ClN3O3. The van der Waals surface area contributed by atoms with Crippen molar-refractivity contribution in [3.63, 3.8) is 0 Å². The lowest BCUT2D eigenvalue weighted by Gasteiger charge is -2.02. The van der Waals surface area contributed by atoms with Crippen molar-refractivity contribution in [2.75, 3.05) is 5.43 Å². The number of nitrogens with zero attached hydrogens (tertiary/aromatic N) is 2. The lowest BCUT2D eigenvalue weighted by atomic mass is 10.1. The summed E-state index contributed by atoms with van der Waals surface area (Å²) in [6.07, 6.45) is 1.55. The SMILES string of the molecule is Cc1ccccc1N/N=C/c1ccc(-c2ccc([N+](=O)[O-])cc2Cl)o1. The maximum absolute atomic E-state index is 10.8. The largest absolute Gasteiger partial charge is 0.455 e. The van der Waals surface area contributed by atoms with Crippen molar-refractivity contribution >= 4 is 29.2 Å². The Hall–Kier alpha value is -3.12. The van der Waals surface area contributed by atoms with Gasteiger partial charge >= 0.3 is 0 Å². The van der Waals surface area contributed by atoms with E-state index < -0.39 is 4.92 Å². The number of nitro benzene ring substituents is 1. The molecule has 7 heteroatoms. The fourth-order valence-corrected chi connectivity index (χ4v) is 2.52. The van der Waals surface area contributed by atoms with Gasteiger partial charge in [-0.05, 0) is 36.8 Å². The van der Waals surface area contributed by atoms with Gasteiger partial charge in [0.1, 0.15) is 11.5 Å². The van der Waals surface area contributed by atoms with Crippen molar-refractivity contribution < 1.29 is 9.34 Å². The standard InChI is InChI=1S/C18H14ClN3O3/c1-12-4-2-3-5-17(12)21-20-11-14-7-9-18(25-14)15-8-6-13(22(23)24)10-16(15)19/h2-11,21H,1H3/b20-11+. The maximum atomic E-state index is 10.8. The summed E-state index contributed by atoms with van der Waals surface area (Å²) >= 11 is 6.11. The van der Waals surface area contributed by atoms with Crippen LogP contribution in [-0.2, 0) is 0 Å². The number of hydrogen-bond donors (Lipinski definition) is 1. The molecule has 0 aliphatic rings. The van der Waals surface area contributed by atoms with Crippen LogP contribution in [-0.4, -0.2) is 11.1 Å². The Morgan fingerprint density at radius 2 is 2.00 bits per heavy atom. The van der Waals surface area contributed by atoms with Gasteiger partial charge in [-0.3, -0.25) is 15.5 Å². The van der Waals surface area contributed by atoms with E-state index in [9.17, 15) is 10.1 Å². The first-order valence-corrected chi connectivity index (χ1v) is 7.81. The number of rotatable bonds is 5. The summed E-state index contributed by atoms with van der Waals surface area (Å²) in [5, 5.41) is 15.2. The van der Waals surface area contributed by atoms with Gasteiger partial charge in [0.15, 0.2) is 0 Å². The number of hydrogen-bond acceptors (Lipinski definition) is 5. The molecule has 0 aliphatic carbocycles. The minimum Gasteiger partial charge on any atom is -0.455 e. The van der Waals surface area contributed by atoms with Crippen molar-refractivity contribution in [1.82, 2.24) is 0 Å². The zero-order chi connectivity index (χ0) is 17.8. The monoisotopic (exact) mass is 355 g/mol. The topological polar surface area (TPSA) is 80.7 Å². The molecule has 0 radical (unpaired) electrons. The van der Waals surface area contributed by atoms with E-state index >= 15 is 0 Å². The lowest BCUT2D eigenvalue weighted by Crippen LogP contribution is -1.91. The maximum Gasteiger partial charge on any atom is 0.270 e. The van der Waals surface area contributed by atoms with Crippen LogP contribution in [0.2, 0.25) is 5.02 Å². The van der Waals surface area contributed by atoms with Crippen molar-refractivity contribution in [3.8, 4) is 11.3 Å². The quantitative estimate of drug-likeness (QED) is 0.384. The minimum absolute atomic E-state index is 0.0653. The van der Waals surface area contributed by atoms with E-state index in [4.69, 9.17) is 16.0 Å². The first-order chi connectivity index (χ1) is 12.0. The van der Waals surface area contributed by atoms with Crippen molar-refractivity contribution in [1.29, 1.82) is 0 Å². The highest BCUT2D eigenvalue weighted by molar-refractivity contribution is 6.33. The lowest BCUT2D eigenvalue weighted by molar-refractivity contribution is -0.384. The normalized spacial score (nSPS) is 11.0. The van der Waals surface area contributed by atoms with Gasteiger partial charge in [0, 0.05) is 17.7 Å². The number of nitrogens with one attached hydrogen (secondary N) is 1. The van der Waals surface area contributed by atoms with Crippen LogP contribution in [0, 0.1) is 17.0 Å². The predicted octanol–water partition coefficient (Wildman–Crippen LogP) is 5.26. The van der Waals surface area contributed by atoms with Gasteiger partial charge in [-0.2, -0.15) is 5.10 Å². The highest BCUT2D eigenvalue weighted by atomic mass is 35.5. The molecule has 0 spiro atoms. The van der Waals surface area contributed by atoms with Crippen LogP contribution in [0.15, 0.2) is 64.1 Å². The number of nitro groups is 1. The van der Waals surface area contributed by atoms with E-state index in [2.05, 4.69) is 10.5 Å². The Balaban J connectivity index is 1.75. The molecule has 1 N–H and O–H groups in total. The number of benzene rings is 2. The fraction of sp³-hybridized carbons (Fsp3) is 0.0556. The molecule has 3 rings (SSSR count). The van der Waals surface area contributed by atoms with Gasteiger partial charge in [-0.15, -0.1) is 0 Å². The molecule has 0 unspecified atom stereocenters. The second kappa shape index (κ2) is 7.19. The molecule has 25 heavy (non-hydrogen) atoms. The van der Waals surface area contributed by atoms with Crippen molar-refractivity contribution in [3.05, 3.63) is 81.1 Å². The molecule has 3 aromatic rings. The average molecular weight is 356 g/mol. The zero-order valence-electron chi connectivity index (χ0n) is 13.3. The molecule has 0 amide bonds. The van der Waals surface area contributed by atoms with E-state index in [1.165, 1.54) is 12.1 Å². The molecule has 0 saturated carbocycles. The molecular weight excluding hydrogens is 342 g/mol. The Labute approximate surface area is 148 Å². The third-order valence-corrected chi connectivity index (χ3v) is 3.89. The summed E-state index contributed by atoms with van der Waals surface area (Å²) in [6, 6.07) is 15.5. The molecule has 126 valence electrons. The summed E-state index contributed by atoms with van der Waals surface area (Å²) in [7, 11) is 0. The Morgan fingerprint density at radius 3 is 2.72 bits per heavy atom. The minimum atomic E-state index is -0.493. The smallest absolute Gasteiger partial charge is 0.270 e. The van der Waals surface area contributed by atoms with Gasteiger partial charge in [0.05, 0.1) is 21.8 Å². The Morgan fingerprint density at radius 1 is 1.20 bits per heavy atom. The number of non-ortho nitro benzene ring substituents is 1. The van der Waals surface area contributed by atoms with Gasteiger partial charge in [-0.25, -0.2) is 0 Å². The summed E-state index contributed by atoms with van der Waals surface area (Å²) in [5.41, 5.74) is 5.45. The van der Waals surface area contributed by atoms with E-state index in [1.54, 1.807) is 24.4 Å². The second-order valence-corrected chi connectivity index (χ2v) is 5.72. The number of anilines is 1. The van der Waals surface area contributed by atoms with Crippen LogP contribution in [0.4, 0.5) is 11.4 Å². The Bertz CT molecular complexity index is 950. The van der Waals surface area contributed by atoms with Crippen LogP contribution < -0.4 is 5.43 Å². The van der Waals surface area contributed by atoms with Crippen LogP contribution >= 0.6 is 11.6 Å². The second-order valence-electron chi connectivity index (χ2n) is 5.31. The summed E-state index contributed by atoms with van der Waals surface area (Å²) < 4.78 is 5.68. The highest BCUT2D eigenvalue weighted by Gasteiger charge is 2.13. The number of halogens is 1. The van der Waals surface area contributed by atoms with E-state index in [0.29, 0.717) is 17.1 Å². The van der Waals surface area contributed by atoms with Gasteiger partial charge in [-0.1, -0.05) is 29.8 Å². The first kappa shape index (κ1) is 16.7. The molecule has 0 atom stereocenters. The van der Waals surface area contributed by atoms with Crippen LogP contribution in [0.25, 0.3) is 11.3 Å². The number of hydrazone groups is 1. The molecule has 0 bridgehead atoms. The van der Waals surface area contributed by atoms with Gasteiger partial charge < -0.3 is 4.42 Å². The number of furan rings is 1. The fourth-order valence-electron chi connectivity index (χ4n) is 2.25. The highest BCUT2D eigenvalue weighted by Crippen LogP contribution is 2.32. The Kier molecular flexibility index (Phi) is 4.81. The number of aryl methyl sites for hydroxylation is 1. The molecule has 0 saturated heterocycles. The zero-order valence-corrected chi connectivity index (χ0v) is 14.0. The average Bonchev–Trinajstić information content (AvgIpc) is 3.05. The van der Waals surface area contributed by atoms with Crippen LogP contribution in [0.1, 0.15) is 11.3 Å². The van der Waals surface area contributed by atoms with Gasteiger partial charge in [0.2, 0.25) is 0 Å². The molecule has 1 aromatic heterocycles.